The molecule has 16 heavy (non-hydrogen) atoms. The highest BCUT2D eigenvalue weighted by Gasteiger charge is 2.35. The lowest BCUT2D eigenvalue weighted by Gasteiger charge is -2.29. The van der Waals surface area contributed by atoms with E-state index in [1.54, 1.807) is 11.8 Å². The number of amides is 1. The van der Waals surface area contributed by atoms with Gasteiger partial charge in [-0.3, -0.25) is 4.79 Å². The van der Waals surface area contributed by atoms with Crippen LogP contribution in [-0.2, 0) is 14.4 Å². The van der Waals surface area contributed by atoms with E-state index in [0.29, 0.717) is 12.5 Å². The van der Waals surface area contributed by atoms with Gasteiger partial charge in [0.2, 0.25) is 11.8 Å². The molecule has 90 valence electrons. The highest BCUT2D eigenvalue weighted by atomic mass is 16.7. The summed E-state index contributed by atoms with van der Waals surface area (Å²) in [5.41, 5.74) is 0. The van der Waals surface area contributed by atoms with Crippen LogP contribution in [0.25, 0.3) is 0 Å². The molecule has 0 aromatic heterocycles. The number of hydrogen-bond acceptors (Lipinski definition) is 4. The second kappa shape index (κ2) is 4.72. The Morgan fingerprint density at radius 3 is 3.12 bits per heavy atom. The van der Waals surface area contributed by atoms with Crippen molar-refractivity contribution in [1.29, 1.82) is 0 Å². The van der Waals surface area contributed by atoms with Crippen LogP contribution in [0.5, 0.6) is 0 Å². The van der Waals surface area contributed by atoms with Gasteiger partial charge in [0.1, 0.15) is 12.1 Å². The van der Waals surface area contributed by atoms with Crippen LogP contribution >= 0.6 is 0 Å². The first-order valence-electron chi connectivity index (χ1n) is 5.86. The van der Waals surface area contributed by atoms with Gasteiger partial charge in [-0.05, 0) is 24.4 Å². The number of rotatable bonds is 2. The molecular weight excluding hydrogens is 208 g/mol. The van der Waals surface area contributed by atoms with Gasteiger partial charge in [-0.25, -0.2) is 0 Å². The zero-order valence-electron chi connectivity index (χ0n) is 9.81. The van der Waals surface area contributed by atoms with Gasteiger partial charge in [0.05, 0.1) is 0 Å². The third-order valence-electron chi connectivity index (χ3n) is 3.10. The summed E-state index contributed by atoms with van der Waals surface area (Å²) in [6.45, 7) is 4.93. The van der Waals surface area contributed by atoms with Gasteiger partial charge in [-0.1, -0.05) is 6.92 Å². The van der Waals surface area contributed by atoms with E-state index < -0.39 is 0 Å². The SMILES string of the molecule is CCC1CON=C(C2CCCN2C(C)=O)O1. The van der Waals surface area contributed by atoms with Gasteiger partial charge in [0, 0.05) is 13.5 Å². The van der Waals surface area contributed by atoms with Gasteiger partial charge in [-0.15, -0.1) is 0 Å². The third kappa shape index (κ3) is 2.13. The Morgan fingerprint density at radius 2 is 2.44 bits per heavy atom. The summed E-state index contributed by atoms with van der Waals surface area (Å²) < 4.78 is 5.73. The molecule has 1 amide bonds. The van der Waals surface area contributed by atoms with Crippen molar-refractivity contribution < 1.29 is 14.4 Å². The highest BCUT2D eigenvalue weighted by Crippen LogP contribution is 2.22. The molecule has 0 aromatic carbocycles. The van der Waals surface area contributed by atoms with Crippen molar-refractivity contribution >= 4 is 11.8 Å². The highest BCUT2D eigenvalue weighted by molar-refractivity contribution is 5.87. The van der Waals surface area contributed by atoms with Crippen molar-refractivity contribution in [2.24, 2.45) is 5.16 Å². The van der Waals surface area contributed by atoms with Crippen LogP contribution in [0.1, 0.15) is 33.1 Å². The molecule has 1 fully saturated rings. The van der Waals surface area contributed by atoms with Crippen LogP contribution in [0.15, 0.2) is 5.16 Å². The van der Waals surface area contributed by atoms with Crippen molar-refractivity contribution in [3.63, 3.8) is 0 Å². The Bertz CT molecular complexity index is 304. The van der Waals surface area contributed by atoms with E-state index in [9.17, 15) is 4.79 Å². The quantitative estimate of drug-likeness (QED) is 0.709. The summed E-state index contributed by atoms with van der Waals surface area (Å²) in [4.78, 5) is 18.4. The fourth-order valence-electron chi connectivity index (χ4n) is 2.15. The zero-order valence-corrected chi connectivity index (χ0v) is 9.81. The Morgan fingerprint density at radius 1 is 1.62 bits per heavy atom. The van der Waals surface area contributed by atoms with Gasteiger partial charge in [-0.2, -0.15) is 0 Å². The van der Waals surface area contributed by atoms with Gasteiger partial charge in [0.25, 0.3) is 0 Å². The molecule has 0 aromatic rings. The maximum absolute atomic E-state index is 11.4. The molecule has 2 heterocycles. The minimum absolute atomic E-state index is 0.0214. The molecule has 5 nitrogen and oxygen atoms in total. The number of oxime groups is 1. The van der Waals surface area contributed by atoms with Crippen LogP contribution < -0.4 is 0 Å². The maximum atomic E-state index is 11.4. The summed E-state index contributed by atoms with van der Waals surface area (Å²) in [5, 5.41) is 3.94. The summed E-state index contributed by atoms with van der Waals surface area (Å²) >= 11 is 0. The smallest absolute Gasteiger partial charge is 0.249 e. The fraction of sp³-hybridized carbons (Fsp3) is 0.818. The second-order valence-electron chi connectivity index (χ2n) is 4.24. The fourth-order valence-corrected chi connectivity index (χ4v) is 2.15. The molecule has 2 rings (SSSR count). The number of nitrogens with zero attached hydrogens (tertiary/aromatic N) is 2. The van der Waals surface area contributed by atoms with E-state index in [1.807, 2.05) is 6.92 Å². The van der Waals surface area contributed by atoms with E-state index in [2.05, 4.69) is 5.16 Å². The first kappa shape index (κ1) is 11.2. The van der Waals surface area contributed by atoms with Crippen molar-refractivity contribution in [2.75, 3.05) is 13.2 Å². The molecule has 2 aliphatic heterocycles. The number of carbonyl (C=O) groups is 1. The number of hydrogen-bond donors (Lipinski definition) is 0. The summed E-state index contributed by atoms with van der Waals surface area (Å²) in [6, 6.07) is -0.0214. The Balaban J connectivity index is 2.06. The second-order valence-corrected chi connectivity index (χ2v) is 4.24. The minimum atomic E-state index is -0.0214. The molecule has 0 N–H and O–H groups in total. The zero-order chi connectivity index (χ0) is 11.5. The molecule has 2 atom stereocenters. The minimum Gasteiger partial charge on any atom is -0.470 e. The van der Waals surface area contributed by atoms with Crippen molar-refractivity contribution in [3.05, 3.63) is 0 Å². The van der Waals surface area contributed by atoms with E-state index >= 15 is 0 Å². The van der Waals surface area contributed by atoms with Crippen LogP contribution in [0.2, 0.25) is 0 Å². The molecular formula is C11H18N2O3. The number of carbonyl (C=O) groups excluding carboxylic acids is 1. The first-order chi connectivity index (χ1) is 7.72. The van der Waals surface area contributed by atoms with E-state index in [-0.39, 0.29) is 18.1 Å². The average Bonchev–Trinajstić information content (AvgIpc) is 2.78. The molecule has 1 saturated heterocycles. The Labute approximate surface area is 95.4 Å². The van der Waals surface area contributed by atoms with Crippen LogP contribution in [0.3, 0.4) is 0 Å². The Kier molecular flexibility index (Phi) is 3.31. The Hall–Kier alpha value is -1.26. The van der Waals surface area contributed by atoms with Crippen molar-refractivity contribution in [3.8, 4) is 0 Å². The van der Waals surface area contributed by atoms with Gasteiger partial charge >= 0.3 is 0 Å². The molecule has 0 saturated carbocycles. The molecule has 0 bridgehead atoms. The van der Waals surface area contributed by atoms with E-state index in [4.69, 9.17) is 9.57 Å². The summed E-state index contributed by atoms with van der Waals surface area (Å²) in [5.74, 6) is 0.651. The number of ether oxygens (including phenoxy) is 1. The molecule has 0 radical (unpaired) electrons. The average molecular weight is 226 g/mol. The molecule has 2 aliphatic rings. The molecule has 2 unspecified atom stereocenters. The predicted molar refractivity (Wildman–Crippen MR) is 59.0 cm³/mol. The maximum Gasteiger partial charge on any atom is 0.249 e. The third-order valence-corrected chi connectivity index (χ3v) is 3.10. The lowest BCUT2D eigenvalue weighted by Crippen LogP contribution is -2.43. The lowest BCUT2D eigenvalue weighted by molar-refractivity contribution is -0.129. The molecule has 0 aliphatic carbocycles. The standard InChI is InChI=1S/C11H18N2O3/c1-3-9-7-15-12-11(16-9)10-5-4-6-13(10)8(2)14/h9-10H,3-7H2,1-2H3. The van der Waals surface area contributed by atoms with Gasteiger partial charge in [0.15, 0.2) is 6.61 Å². The molecule has 0 spiro atoms. The van der Waals surface area contributed by atoms with Crippen molar-refractivity contribution in [1.82, 2.24) is 4.90 Å². The van der Waals surface area contributed by atoms with Crippen molar-refractivity contribution in [2.45, 2.75) is 45.3 Å². The van der Waals surface area contributed by atoms with Crippen LogP contribution in [-0.4, -0.2) is 42.0 Å². The first-order valence-corrected chi connectivity index (χ1v) is 5.86. The topological polar surface area (TPSA) is 51.1 Å². The van der Waals surface area contributed by atoms with E-state index in [0.717, 1.165) is 25.8 Å². The largest absolute Gasteiger partial charge is 0.470 e. The normalized spacial score (nSPS) is 29.4. The summed E-state index contributed by atoms with van der Waals surface area (Å²) in [6.07, 6.45) is 2.88. The monoisotopic (exact) mass is 226 g/mol. The number of likely N-dealkylation sites (tertiary alicyclic amines) is 1. The lowest BCUT2D eigenvalue weighted by atomic mass is 10.2. The van der Waals surface area contributed by atoms with E-state index in [1.165, 1.54) is 0 Å². The van der Waals surface area contributed by atoms with Crippen LogP contribution in [0, 0.1) is 0 Å². The predicted octanol–water partition coefficient (Wildman–Crippen LogP) is 1.14. The van der Waals surface area contributed by atoms with Crippen LogP contribution in [0.4, 0.5) is 0 Å². The summed E-state index contributed by atoms with van der Waals surface area (Å²) in [7, 11) is 0. The molecule has 5 heteroatoms. The van der Waals surface area contributed by atoms with Gasteiger partial charge < -0.3 is 14.5 Å².